The van der Waals surface area contributed by atoms with E-state index in [1.165, 1.54) is 30.4 Å². The highest BCUT2D eigenvalue weighted by molar-refractivity contribution is 5.45. The first-order valence-electron chi connectivity index (χ1n) is 5.79. The lowest BCUT2D eigenvalue weighted by Gasteiger charge is -2.26. The Hall–Kier alpha value is -1.02. The van der Waals surface area contributed by atoms with E-state index in [9.17, 15) is 5.11 Å². The fraction of sp³-hybridized carbons (Fsp3) is 0.538. The summed E-state index contributed by atoms with van der Waals surface area (Å²) >= 11 is 0. The molecule has 1 spiro atoms. The molecule has 0 amide bonds. The fourth-order valence-corrected chi connectivity index (χ4v) is 3.33. The lowest BCUT2D eigenvalue weighted by Crippen LogP contribution is -2.21. The Morgan fingerprint density at radius 2 is 2.33 bits per heavy atom. The van der Waals surface area contributed by atoms with Crippen LogP contribution < -0.4 is 5.73 Å². The number of aryl methyl sites for hydroxylation is 1. The summed E-state index contributed by atoms with van der Waals surface area (Å²) in [4.78, 5) is 0. The summed E-state index contributed by atoms with van der Waals surface area (Å²) in [5, 5.41) is 9.48. The molecule has 3 rings (SSSR count). The van der Waals surface area contributed by atoms with Gasteiger partial charge < -0.3 is 10.8 Å². The van der Waals surface area contributed by atoms with Crippen LogP contribution in [0, 0.1) is 5.92 Å². The van der Waals surface area contributed by atoms with Gasteiger partial charge in [0.05, 0.1) is 0 Å². The van der Waals surface area contributed by atoms with Gasteiger partial charge >= 0.3 is 0 Å². The number of hydrogen-bond donors (Lipinski definition) is 2. The van der Waals surface area contributed by atoms with Crippen LogP contribution in [-0.2, 0) is 11.8 Å². The molecule has 0 heterocycles. The van der Waals surface area contributed by atoms with E-state index in [1.807, 2.05) is 12.1 Å². The predicted octanol–water partition coefficient (Wildman–Crippen LogP) is 1.94. The summed E-state index contributed by atoms with van der Waals surface area (Å²) in [5.74, 6) is 1.08. The number of phenolic OH excluding ortho intramolecular Hbond substituents is 1. The van der Waals surface area contributed by atoms with E-state index in [0.29, 0.717) is 17.1 Å². The van der Waals surface area contributed by atoms with E-state index in [1.54, 1.807) is 0 Å². The van der Waals surface area contributed by atoms with E-state index >= 15 is 0 Å². The van der Waals surface area contributed by atoms with E-state index in [0.717, 1.165) is 13.0 Å². The van der Waals surface area contributed by atoms with Crippen LogP contribution in [0.25, 0.3) is 0 Å². The molecule has 1 saturated carbocycles. The van der Waals surface area contributed by atoms with Crippen molar-refractivity contribution in [2.45, 2.75) is 31.1 Å². The lowest BCUT2D eigenvalue weighted by molar-refractivity contribution is 0.465. The van der Waals surface area contributed by atoms with Crippen molar-refractivity contribution in [2.24, 2.45) is 11.7 Å². The van der Waals surface area contributed by atoms with Gasteiger partial charge in [-0.1, -0.05) is 6.07 Å². The van der Waals surface area contributed by atoms with Gasteiger partial charge in [0, 0.05) is 0 Å². The van der Waals surface area contributed by atoms with Gasteiger partial charge in [-0.15, -0.1) is 0 Å². The maximum atomic E-state index is 9.48. The standard InChI is InChI=1S/C13H17NO/c14-8-10-7-13(10)5-1-2-9-6-11(15)3-4-12(9)13/h3-4,6,10,15H,1-2,5,7-8,14H2. The van der Waals surface area contributed by atoms with Gasteiger partial charge in [0.15, 0.2) is 0 Å². The van der Waals surface area contributed by atoms with Crippen LogP contribution in [0.1, 0.15) is 30.4 Å². The zero-order valence-corrected chi connectivity index (χ0v) is 8.87. The third-order valence-electron chi connectivity index (χ3n) is 4.21. The number of nitrogens with two attached hydrogens (primary N) is 1. The summed E-state index contributed by atoms with van der Waals surface area (Å²) < 4.78 is 0. The summed E-state index contributed by atoms with van der Waals surface area (Å²) in [5.41, 5.74) is 8.97. The number of benzene rings is 1. The van der Waals surface area contributed by atoms with Crippen LogP contribution in [0.5, 0.6) is 5.75 Å². The van der Waals surface area contributed by atoms with Crippen molar-refractivity contribution in [1.82, 2.24) is 0 Å². The third kappa shape index (κ3) is 1.21. The van der Waals surface area contributed by atoms with E-state index in [-0.39, 0.29) is 0 Å². The Morgan fingerprint density at radius 3 is 3.07 bits per heavy atom. The molecule has 0 aliphatic heterocycles. The van der Waals surface area contributed by atoms with Crippen LogP contribution in [0.4, 0.5) is 0 Å². The smallest absolute Gasteiger partial charge is 0.115 e. The first-order chi connectivity index (χ1) is 7.26. The highest BCUT2D eigenvalue weighted by Gasteiger charge is 2.55. The zero-order valence-electron chi connectivity index (χ0n) is 8.87. The first kappa shape index (κ1) is 9.22. The molecule has 0 aromatic heterocycles. The minimum absolute atomic E-state index is 0.385. The zero-order chi connectivity index (χ0) is 10.5. The first-order valence-corrected chi connectivity index (χ1v) is 5.79. The van der Waals surface area contributed by atoms with Crippen molar-refractivity contribution in [3.8, 4) is 5.75 Å². The van der Waals surface area contributed by atoms with Crippen molar-refractivity contribution in [2.75, 3.05) is 6.54 Å². The molecule has 2 atom stereocenters. The van der Waals surface area contributed by atoms with Crippen LogP contribution in [0.15, 0.2) is 18.2 Å². The number of hydrogen-bond acceptors (Lipinski definition) is 2. The Bertz CT molecular complexity index is 402. The van der Waals surface area contributed by atoms with Gasteiger partial charge in [0.25, 0.3) is 0 Å². The molecule has 2 heteroatoms. The molecule has 0 bridgehead atoms. The summed E-state index contributed by atoms with van der Waals surface area (Å²) in [7, 11) is 0. The highest BCUT2D eigenvalue weighted by atomic mass is 16.3. The predicted molar refractivity (Wildman–Crippen MR) is 59.9 cm³/mol. The third-order valence-corrected chi connectivity index (χ3v) is 4.21. The maximum Gasteiger partial charge on any atom is 0.115 e. The summed E-state index contributed by atoms with van der Waals surface area (Å²) in [6, 6.07) is 5.86. The molecule has 3 N–H and O–H groups in total. The number of fused-ring (bicyclic) bond motifs is 2. The Morgan fingerprint density at radius 1 is 1.47 bits per heavy atom. The largest absolute Gasteiger partial charge is 0.508 e. The Kier molecular flexibility index (Phi) is 1.84. The molecule has 1 aromatic carbocycles. The average Bonchev–Trinajstić information content (AvgIpc) is 2.92. The van der Waals surface area contributed by atoms with E-state index < -0.39 is 0 Å². The molecule has 1 fully saturated rings. The van der Waals surface area contributed by atoms with Crippen LogP contribution in [0.2, 0.25) is 0 Å². The van der Waals surface area contributed by atoms with Gasteiger partial charge in [-0.25, -0.2) is 0 Å². The van der Waals surface area contributed by atoms with Gasteiger partial charge in [-0.3, -0.25) is 0 Å². The quantitative estimate of drug-likeness (QED) is 0.732. The molecule has 1 aromatic rings. The van der Waals surface area contributed by atoms with Crippen molar-refractivity contribution >= 4 is 0 Å². The maximum absolute atomic E-state index is 9.48. The van der Waals surface area contributed by atoms with Crippen molar-refractivity contribution in [3.63, 3.8) is 0 Å². The molecule has 2 aliphatic carbocycles. The Balaban J connectivity index is 2.05. The minimum Gasteiger partial charge on any atom is -0.508 e. The van der Waals surface area contributed by atoms with E-state index in [2.05, 4.69) is 6.07 Å². The van der Waals surface area contributed by atoms with Gasteiger partial charge in [-0.05, 0) is 66.8 Å². The molecular weight excluding hydrogens is 186 g/mol. The average molecular weight is 203 g/mol. The van der Waals surface area contributed by atoms with Gasteiger partial charge in [-0.2, -0.15) is 0 Å². The highest BCUT2D eigenvalue weighted by Crippen LogP contribution is 2.59. The summed E-state index contributed by atoms with van der Waals surface area (Å²) in [6.45, 7) is 0.806. The lowest BCUT2D eigenvalue weighted by atomic mass is 9.78. The van der Waals surface area contributed by atoms with Gasteiger partial charge in [0.1, 0.15) is 5.75 Å². The number of aromatic hydroxyl groups is 1. The molecular formula is C13H17NO. The number of phenols is 1. The van der Waals surface area contributed by atoms with Crippen molar-refractivity contribution < 1.29 is 5.11 Å². The van der Waals surface area contributed by atoms with E-state index in [4.69, 9.17) is 5.73 Å². The Labute approximate surface area is 90.1 Å². The normalized spacial score (nSPS) is 32.7. The summed E-state index contributed by atoms with van der Waals surface area (Å²) in [6.07, 6.45) is 4.89. The van der Waals surface area contributed by atoms with Crippen LogP contribution in [0.3, 0.4) is 0 Å². The topological polar surface area (TPSA) is 46.2 Å². The molecule has 2 nitrogen and oxygen atoms in total. The van der Waals surface area contributed by atoms with Crippen molar-refractivity contribution in [3.05, 3.63) is 29.3 Å². The molecule has 80 valence electrons. The second-order valence-electron chi connectivity index (χ2n) is 4.99. The molecule has 0 radical (unpaired) electrons. The second-order valence-corrected chi connectivity index (χ2v) is 4.99. The minimum atomic E-state index is 0.385. The SMILES string of the molecule is NCC1CC12CCCc1cc(O)ccc12. The van der Waals surface area contributed by atoms with Crippen molar-refractivity contribution in [1.29, 1.82) is 0 Å². The number of rotatable bonds is 1. The van der Waals surface area contributed by atoms with Crippen LogP contribution >= 0.6 is 0 Å². The van der Waals surface area contributed by atoms with Gasteiger partial charge in [0.2, 0.25) is 0 Å². The monoisotopic (exact) mass is 203 g/mol. The molecule has 2 unspecified atom stereocenters. The molecule has 15 heavy (non-hydrogen) atoms. The molecule has 0 saturated heterocycles. The van der Waals surface area contributed by atoms with Crippen LogP contribution in [-0.4, -0.2) is 11.7 Å². The fourth-order valence-electron chi connectivity index (χ4n) is 3.33. The molecule has 2 aliphatic rings. The second kappa shape index (κ2) is 2.99.